The van der Waals surface area contributed by atoms with Crippen LogP contribution < -0.4 is 15.4 Å². The number of benzene rings is 1. The third-order valence-electron chi connectivity index (χ3n) is 4.71. The average Bonchev–Trinajstić information content (AvgIpc) is 2.65. The Morgan fingerprint density at radius 1 is 1.23 bits per heavy atom. The van der Waals surface area contributed by atoms with E-state index in [1.807, 2.05) is 6.92 Å². The molecule has 0 atom stereocenters. The maximum Gasteiger partial charge on any atom is 0.255 e. The van der Waals surface area contributed by atoms with E-state index in [0.717, 1.165) is 24.2 Å². The lowest BCUT2D eigenvalue weighted by atomic mass is 9.95. The molecule has 2 N–H and O–H groups in total. The number of halogens is 1. The zero-order valence-electron chi connectivity index (χ0n) is 15.1. The van der Waals surface area contributed by atoms with E-state index in [1.165, 1.54) is 19.3 Å². The smallest absolute Gasteiger partial charge is 0.255 e. The monoisotopic (exact) mass is 373 g/mol. The molecule has 5 nitrogen and oxygen atoms in total. The summed E-state index contributed by atoms with van der Waals surface area (Å²) in [5.41, 5.74) is 2.02. The van der Waals surface area contributed by atoms with Crippen molar-refractivity contribution in [1.29, 1.82) is 0 Å². The summed E-state index contributed by atoms with van der Waals surface area (Å²) in [6.07, 6.45) is 7.75. The number of ether oxygens (including phenoxy) is 1. The predicted molar refractivity (Wildman–Crippen MR) is 105 cm³/mol. The number of aromatic nitrogens is 1. The van der Waals surface area contributed by atoms with E-state index in [1.54, 1.807) is 37.6 Å². The Morgan fingerprint density at radius 3 is 2.73 bits per heavy atom. The van der Waals surface area contributed by atoms with Crippen LogP contribution in [0.15, 0.2) is 30.5 Å². The summed E-state index contributed by atoms with van der Waals surface area (Å²) in [5, 5.41) is 6.94. The fourth-order valence-corrected chi connectivity index (χ4v) is 3.38. The van der Waals surface area contributed by atoms with Crippen molar-refractivity contribution >= 4 is 29.0 Å². The Balaban J connectivity index is 1.74. The Bertz CT molecular complexity index is 789. The van der Waals surface area contributed by atoms with Crippen LogP contribution in [-0.4, -0.2) is 24.0 Å². The molecule has 1 fully saturated rings. The van der Waals surface area contributed by atoms with Crippen molar-refractivity contribution in [2.24, 2.45) is 0 Å². The first-order valence-electron chi connectivity index (χ1n) is 8.95. The Hall–Kier alpha value is -2.27. The molecular weight excluding hydrogens is 350 g/mol. The van der Waals surface area contributed by atoms with Crippen LogP contribution in [0.3, 0.4) is 0 Å². The van der Waals surface area contributed by atoms with Crippen LogP contribution in [0.5, 0.6) is 5.75 Å². The number of aryl methyl sites for hydroxylation is 1. The molecule has 6 heteroatoms. The summed E-state index contributed by atoms with van der Waals surface area (Å²) in [6.45, 7) is 1.88. The molecule has 0 aliphatic heterocycles. The molecule has 138 valence electrons. The fourth-order valence-electron chi connectivity index (χ4n) is 3.23. The summed E-state index contributed by atoms with van der Waals surface area (Å²) in [6, 6.07) is 7.44. The molecule has 2 aromatic rings. The third kappa shape index (κ3) is 4.47. The average molecular weight is 374 g/mol. The van der Waals surface area contributed by atoms with E-state index >= 15 is 0 Å². The lowest BCUT2D eigenvalue weighted by Gasteiger charge is -2.23. The predicted octanol–water partition coefficient (Wildman–Crippen LogP) is 5.05. The molecule has 0 radical (unpaired) electrons. The van der Waals surface area contributed by atoms with Gasteiger partial charge in [-0.2, -0.15) is 0 Å². The molecule has 26 heavy (non-hydrogen) atoms. The topological polar surface area (TPSA) is 63.2 Å². The molecule has 3 rings (SSSR count). The van der Waals surface area contributed by atoms with Gasteiger partial charge in [0.05, 0.1) is 12.8 Å². The molecule has 1 saturated carbocycles. The van der Waals surface area contributed by atoms with E-state index in [9.17, 15) is 4.79 Å². The standard InChI is InChI=1S/C20H24ClN3O2/c1-13-10-17(18(26-2)12-16(13)21)24-20(25)14-8-9-22-19(11-14)23-15-6-4-3-5-7-15/h8-12,15H,3-7H2,1-2H3,(H,22,23)(H,24,25). The van der Waals surface area contributed by atoms with Crippen molar-refractivity contribution in [1.82, 2.24) is 4.98 Å². The molecule has 0 bridgehead atoms. The molecule has 0 spiro atoms. The van der Waals surface area contributed by atoms with Gasteiger partial charge in [0.1, 0.15) is 11.6 Å². The van der Waals surface area contributed by atoms with Crippen molar-refractivity contribution in [3.63, 3.8) is 0 Å². The largest absolute Gasteiger partial charge is 0.495 e. The summed E-state index contributed by atoms with van der Waals surface area (Å²) in [5.74, 6) is 1.06. The van der Waals surface area contributed by atoms with E-state index in [-0.39, 0.29) is 5.91 Å². The number of rotatable bonds is 5. The maximum absolute atomic E-state index is 12.7. The van der Waals surface area contributed by atoms with Gasteiger partial charge in [-0.05, 0) is 43.5 Å². The SMILES string of the molecule is COc1cc(Cl)c(C)cc1NC(=O)c1ccnc(NC2CCCCC2)c1. The van der Waals surface area contributed by atoms with E-state index in [4.69, 9.17) is 16.3 Å². The van der Waals surface area contributed by atoms with E-state index < -0.39 is 0 Å². The van der Waals surface area contributed by atoms with Gasteiger partial charge < -0.3 is 15.4 Å². The maximum atomic E-state index is 12.7. The van der Waals surface area contributed by atoms with Crippen molar-refractivity contribution in [2.45, 2.75) is 45.1 Å². The van der Waals surface area contributed by atoms with E-state index in [2.05, 4.69) is 15.6 Å². The number of methoxy groups -OCH3 is 1. The molecule has 1 aromatic carbocycles. The summed E-state index contributed by atoms with van der Waals surface area (Å²) >= 11 is 6.12. The first-order valence-corrected chi connectivity index (χ1v) is 9.32. The van der Waals surface area contributed by atoms with Gasteiger partial charge in [-0.3, -0.25) is 4.79 Å². The molecule has 1 aliphatic rings. The highest BCUT2D eigenvalue weighted by Gasteiger charge is 2.16. The zero-order chi connectivity index (χ0) is 18.5. The van der Waals surface area contributed by atoms with Crippen LogP contribution in [0.4, 0.5) is 11.5 Å². The third-order valence-corrected chi connectivity index (χ3v) is 5.12. The highest BCUT2D eigenvalue weighted by molar-refractivity contribution is 6.31. The first-order chi connectivity index (χ1) is 12.6. The highest BCUT2D eigenvalue weighted by atomic mass is 35.5. The lowest BCUT2D eigenvalue weighted by molar-refractivity contribution is 0.102. The number of amides is 1. The van der Waals surface area contributed by atoms with Gasteiger partial charge in [-0.25, -0.2) is 4.98 Å². The van der Waals surface area contributed by atoms with Crippen LogP contribution in [0.25, 0.3) is 0 Å². The molecular formula is C20H24ClN3O2. The summed E-state index contributed by atoms with van der Waals surface area (Å²) in [4.78, 5) is 17.0. The number of anilines is 2. The second-order valence-corrected chi connectivity index (χ2v) is 7.07. The summed E-state index contributed by atoms with van der Waals surface area (Å²) < 4.78 is 5.32. The number of nitrogens with one attached hydrogen (secondary N) is 2. The van der Waals surface area contributed by atoms with Gasteiger partial charge in [0.2, 0.25) is 0 Å². The molecule has 1 heterocycles. The minimum atomic E-state index is -0.209. The minimum Gasteiger partial charge on any atom is -0.495 e. The number of carbonyl (C=O) groups excluding carboxylic acids is 1. The van der Waals surface area contributed by atoms with Crippen molar-refractivity contribution in [2.75, 3.05) is 17.7 Å². The van der Waals surface area contributed by atoms with E-state index in [0.29, 0.717) is 28.1 Å². The molecule has 0 saturated heterocycles. The number of pyridine rings is 1. The number of nitrogens with zero attached hydrogens (tertiary/aromatic N) is 1. The summed E-state index contributed by atoms with van der Waals surface area (Å²) in [7, 11) is 1.55. The second kappa shape index (κ2) is 8.41. The first kappa shape index (κ1) is 18.5. The Labute approximate surface area is 159 Å². The highest BCUT2D eigenvalue weighted by Crippen LogP contribution is 2.31. The molecule has 1 aromatic heterocycles. The van der Waals surface area contributed by atoms with Crippen molar-refractivity contribution in [3.05, 3.63) is 46.6 Å². The number of carbonyl (C=O) groups is 1. The van der Waals surface area contributed by atoms with Gasteiger partial charge in [0.25, 0.3) is 5.91 Å². The van der Waals surface area contributed by atoms with Crippen LogP contribution in [0.1, 0.15) is 48.0 Å². The Kier molecular flexibility index (Phi) is 5.99. The van der Waals surface area contributed by atoms with Gasteiger partial charge in [0, 0.05) is 28.9 Å². The van der Waals surface area contributed by atoms with Crippen LogP contribution in [-0.2, 0) is 0 Å². The normalized spacial score (nSPS) is 14.7. The van der Waals surface area contributed by atoms with Crippen LogP contribution in [0, 0.1) is 6.92 Å². The zero-order valence-corrected chi connectivity index (χ0v) is 15.9. The quantitative estimate of drug-likeness (QED) is 0.769. The van der Waals surface area contributed by atoms with Crippen LogP contribution in [0.2, 0.25) is 5.02 Å². The van der Waals surface area contributed by atoms with Gasteiger partial charge in [-0.1, -0.05) is 30.9 Å². The van der Waals surface area contributed by atoms with Crippen molar-refractivity contribution < 1.29 is 9.53 Å². The van der Waals surface area contributed by atoms with Crippen LogP contribution >= 0.6 is 11.6 Å². The second-order valence-electron chi connectivity index (χ2n) is 6.66. The van der Waals surface area contributed by atoms with Crippen molar-refractivity contribution in [3.8, 4) is 5.75 Å². The lowest BCUT2D eigenvalue weighted by Crippen LogP contribution is -2.23. The number of hydrogen-bond donors (Lipinski definition) is 2. The Morgan fingerprint density at radius 2 is 2.00 bits per heavy atom. The fraction of sp³-hybridized carbons (Fsp3) is 0.400. The number of hydrogen-bond acceptors (Lipinski definition) is 4. The van der Waals surface area contributed by atoms with Gasteiger partial charge >= 0.3 is 0 Å². The van der Waals surface area contributed by atoms with Gasteiger partial charge in [-0.15, -0.1) is 0 Å². The molecule has 1 amide bonds. The molecule has 1 aliphatic carbocycles. The minimum absolute atomic E-state index is 0.209. The molecule has 0 unspecified atom stereocenters. The van der Waals surface area contributed by atoms with Gasteiger partial charge in [0.15, 0.2) is 0 Å².